The Balaban J connectivity index is 1.55. The molecule has 0 amide bonds. The first kappa shape index (κ1) is 16.5. The summed E-state index contributed by atoms with van der Waals surface area (Å²) in [6.07, 6.45) is 0.850. The highest BCUT2D eigenvalue weighted by Crippen LogP contribution is 2.36. The third-order valence-corrected chi connectivity index (χ3v) is 7.90. The molecule has 1 aromatic carbocycles. The molecule has 1 saturated heterocycles. The van der Waals surface area contributed by atoms with Gasteiger partial charge < -0.3 is 4.52 Å². The van der Waals surface area contributed by atoms with Crippen molar-refractivity contribution in [3.8, 4) is 10.6 Å². The molecule has 0 unspecified atom stereocenters. The van der Waals surface area contributed by atoms with Crippen LogP contribution in [0.25, 0.3) is 10.6 Å². The number of sulfonamides is 1. The van der Waals surface area contributed by atoms with Crippen LogP contribution in [0, 0.1) is 6.92 Å². The lowest BCUT2D eigenvalue weighted by Gasteiger charge is -2.15. The summed E-state index contributed by atoms with van der Waals surface area (Å²) in [5, 5.41) is 3.86. The molecular weight excluding hydrogens is 356 g/mol. The fraction of sp³-hybridized carbons (Fsp3) is 0.278. The molecule has 1 atom stereocenters. The molecule has 2 aromatic heterocycles. The van der Waals surface area contributed by atoms with E-state index in [4.69, 9.17) is 4.52 Å². The first-order valence-electron chi connectivity index (χ1n) is 8.12. The van der Waals surface area contributed by atoms with E-state index in [0.717, 1.165) is 17.0 Å². The quantitative estimate of drug-likeness (QED) is 0.695. The van der Waals surface area contributed by atoms with Crippen LogP contribution in [0.5, 0.6) is 0 Å². The molecule has 0 aliphatic carbocycles. The molecule has 0 radical (unpaired) electrons. The Labute approximate surface area is 150 Å². The van der Waals surface area contributed by atoms with Crippen molar-refractivity contribution in [3.63, 3.8) is 0 Å². The van der Waals surface area contributed by atoms with Crippen LogP contribution in [-0.4, -0.2) is 31.0 Å². The van der Waals surface area contributed by atoms with Crippen molar-refractivity contribution < 1.29 is 12.9 Å². The Hall–Kier alpha value is -1.96. The molecule has 5 nitrogen and oxygen atoms in total. The van der Waals surface area contributed by atoms with Crippen LogP contribution >= 0.6 is 11.3 Å². The van der Waals surface area contributed by atoms with Gasteiger partial charge in [0.15, 0.2) is 5.76 Å². The van der Waals surface area contributed by atoms with Crippen LogP contribution < -0.4 is 0 Å². The molecule has 3 heterocycles. The van der Waals surface area contributed by atoms with Gasteiger partial charge in [0.05, 0.1) is 10.6 Å². The summed E-state index contributed by atoms with van der Waals surface area (Å²) in [4.78, 5) is 0.776. The van der Waals surface area contributed by atoms with E-state index in [-0.39, 0.29) is 5.92 Å². The molecule has 1 fully saturated rings. The van der Waals surface area contributed by atoms with E-state index in [1.807, 2.05) is 31.2 Å². The summed E-state index contributed by atoms with van der Waals surface area (Å²) in [7, 11) is -3.47. The highest BCUT2D eigenvalue weighted by molar-refractivity contribution is 7.91. The van der Waals surface area contributed by atoms with E-state index in [1.54, 1.807) is 16.4 Å². The average Bonchev–Trinajstić information content (AvgIpc) is 3.35. The maximum absolute atomic E-state index is 13.0. The monoisotopic (exact) mass is 374 g/mol. The number of hydrogen-bond donors (Lipinski definition) is 0. The van der Waals surface area contributed by atoms with Crippen molar-refractivity contribution in [2.45, 2.75) is 23.5 Å². The van der Waals surface area contributed by atoms with E-state index in [0.29, 0.717) is 23.1 Å². The number of benzene rings is 1. The SMILES string of the molecule is Cc1cc(-c2ccc(S(=O)(=O)N3CC[C@@H](c4ccccc4)C3)s2)on1. The lowest BCUT2D eigenvalue weighted by atomic mass is 9.99. The highest BCUT2D eigenvalue weighted by atomic mass is 32.2. The van der Waals surface area contributed by atoms with Gasteiger partial charge in [-0.25, -0.2) is 8.42 Å². The zero-order valence-electron chi connectivity index (χ0n) is 13.8. The van der Waals surface area contributed by atoms with E-state index in [9.17, 15) is 8.42 Å². The predicted molar refractivity (Wildman–Crippen MR) is 97.1 cm³/mol. The van der Waals surface area contributed by atoms with Crippen LogP contribution in [0.4, 0.5) is 0 Å². The zero-order valence-corrected chi connectivity index (χ0v) is 15.4. The lowest BCUT2D eigenvalue weighted by molar-refractivity contribution is 0.428. The number of nitrogens with zero attached hydrogens (tertiary/aromatic N) is 2. The van der Waals surface area contributed by atoms with Crippen LogP contribution in [0.3, 0.4) is 0 Å². The minimum Gasteiger partial charge on any atom is -0.355 e. The Morgan fingerprint density at radius 2 is 2.00 bits per heavy atom. The third-order valence-electron chi connectivity index (χ3n) is 4.47. The molecule has 1 aliphatic heterocycles. The largest absolute Gasteiger partial charge is 0.355 e. The van der Waals surface area contributed by atoms with E-state index < -0.39 is 10.0 Å². The van der Waals surface area contributed by atoms with Gasteiger partial charge in [0.2, 0.25) is 0 Å². The maximum atomic E-state index is 13.0. The van der Waals surface area contributed by atoms with E-state index in [1.165, 1.54) is 16.9 Å². The molecule has 0 bridgehead atoms. The summed E-state index contributed by atoms with van der Waals surface area (Å²) < 4.78 is 33.1. The molecule has 7 heteroatoms. The molecule has 0 N–H and O–H groups in total. The first-order valence-corrected chi connectivity index (χ1v) is 10.4. The third kappa shape index (κ3) is 3.15. The van der Waals surface area contributed by atoms with Gasteiger partial charge in [-0.1, -0.05) is 35.5 Å². The van der Waals surface area contributed by atoms with Crippen LogP contribution in [-0.2, 0) is 10.0 Å². The predicted octanol–water partition coefficient (Wildman–Crippen LogP) is 3.89. The summed E-state index contributed by atoms with van der Waals surface area (Å²) in [5.74, 6) is 0.861. The second-order valence-electron chi connectivity index (χ2n) is 6.21. The summed E-state index contributed by atoms with van der Waals surface area (Å²) in [6, 6.07) is 15.3. The van der Waals surface area contributed by atoms with E-state index in [2.05, 4.69) is 17.3 Å². The number of hydrogen-bond acceptors (Lipinski definition) is 5. The van der Waals surface area contributed by atoms with Gasteiger partial charge in [-0.15, -0.1) is 11.3 Å². The fourth-order valence-corrected chi connectivity index (χ4v) is 6.05. The topological polar surface area (TPSA) is 63.4 Å². The molecule has 0 spiro atoms. The number of rotatable bonds is 4. The minimum atomic E-state index is -3.47. The molecule has 1 aliphatic rings. The number of thiophene rings is 1. The van der Waals surface area contributed by atoms with Gasteiger partial charge in [-0.2, -0.15) is 4.31 Å². The normalized spacial score (nSPS) is 18.7. The van der Waals surface area contributed by atoms with Gasteiger partial charge in [0, 0.05) is 19.2 Å². The van der Waals surface area contributed by atoms with Gasteiger partial charge >= 0.3 is 0 Å². The lowest BCUT2D eigenvalue weighted by Crippen LogP contribution is -2.28. The standard InChI is InChI=1S/C18H18N2O3S2/c1-13-11-16(23-19-13)17-7-8-18(24-17)25(21,22)20-10-9-15(12-20)14-5-3-2-4-6-14/h2-8,11,15H,9-10,12H2,1H3/t15-/m1/s1. The van der Waals surface area contributed by atoms with Crippen molar-refractivity contribution in [1.82, 2.24) is 9.46 Å². The number of aryl methyl sites for hydroxylation is 1. The minimum absolute atomic E-state index is 0.257. The Bertz CT molecular complexity index is 977. The second kappa shape index (κ2) is 6.40. The van der Waals surface area contributed by atoms with Crippen molar-refractivity contribution in [2.75, 3.05) is 13.1 Å². The molecule has 25 heavy (non-hydrogen) atoms. The summed E-state index contributed by atoms with van der Waals surface area (Å²) in [6.45, 7) is 2.92. The molecule has 4 rings (SSSR count). The Morgan fingerprint density at radius 1 is 1.20 bits per heavy atom. The Kier molecular flexibility index (Phi) is 4.23. The van der Waals surface area contributed by atoms with Crippen LogP contribution in [0.2, 0.25) is 0 Å². The zero-order chi connectivity index (χ0) is 17.4. The van der Waals surface area contributed by atoms with Crippen LogP contribution in [0.15, 0.2) is 57.3 Å². The molecular formula is C18H18N2O3S2. The summed E-state index contributed by atoms with van der Waals surface area (Å²) in [5.41, 5.74) is 1.97. The first-order chi connectivity index (χ1) is 12.0. The highest BCUT2D eigenvalue weighted by Gasteiger charge is 2.34. The maximum Gasteiger partial charge on any atom is 0.252 e. The van der Waals surface area contributed by atoms with Gasteiger partial charge in [0.25, 0.3) is 10.0 Å². The molecule has 0 saturated carbocycles. The van der Waals surface area contributed by atoms with E-state index >= 15 is 0 Å². The van der Waals surface area contributed by atoms with Gasteiger partial charge in [-0.05, 0) is 37.0 Å². The van der Waals surface area contributed by atoms with Crippen LogP contribution in [0.1, 0.15) is 23.6 Å². The molecule has 3 aromatic rings. The van der Waals surface area contributed by atoms with Crippen molar-refractivity contribution >= 4 is 21.4 Å². The van der Waals surface area contributed by atoms with Gasteiger partial charge in [-0.3, -0.25) is 0 Å². The van der Waals surface area contributed by atoms with Crippen molar-refractivity contribution in [1.29, 1.82) is 0 Å². The van der Waals surface area contributed by atoms with Crippen molar-refractivity contribution in [2.24, 2.45) is 0 Å². The smallest absolute Gasteiger partial charge is 0.252 e. The van der Waals surface area contributed by atoms with Crippen molar-refractivity contribution in [3.05, 3.63) is 59.8 Å². The summed E-state index contributed by atoms with van der Waals surface area (Å²) >= 11 is 1.23. The van der Waals surface area contributed by atoms with Gasteiger partial charge in [0.1, 0.15) is 4.21 Å². The Morgan fingerprint density at radius 3 is 2.72 bits per heavy atom. The molecule has 130 valence electrons. The fourth-order valence-electron chi connectivity index (χ4n) is 3.14. The average molecular weight is 374 g/mol. The second-order valence-corrected chi connectivity index (χ2v) is 9.46. The number of aromatic nitrogens is 1.